The van der Waals surface area contributed by atoms with Gasteiger partial charge in [0, 0.05) is 22.6 Å². The topological polar surface area (TPSA) is 109 Å². The predicted octanol–water partition coefficient (Wildman–Crippen LogP) is 4.38. The molecule has 0 aliphatic rings. The average Bonchev–Trinajstić information content (AvgIpc) is 3.13. The Morgan fingerprint density at radius 1 is 1.04 bits per heavy atom. The Labute approximate surface area is 165 Å². The molecule has 0 radical (unpaired) electrons. The van der Waals surface area contributed by atoms with Gasteiger partial charge in [-0.25, -0.2) is 9.78 Å². The van der Waals surface area contributed by atoms with Gasteiger partial charge in [0.05, 0.1) is 18.9 Å². The number of aromatic hydroxyl groups is 2. The molecule has 2 aromatic carbocycles. The largest absolute Gasteiger partial charge is 0.507 e. The standard InChI is InChI=1S/C20H19NO6S/c1-3-26-17-6-5-11(7-18(17)27-4-2)19-21-14(10-28-19)12-8-13(20(24)25)16(23)9-15(12)22/h5-10,22-23H,3-4H2,1-2H3,(H,24,25). The van der Waals surface area contributed by atoms with Crippen LogP contribution < -0.4 is 9.47 Å². The van der Waals surface area contributed by atoms with Gasteiger partial charge in [0.15, 0.2) is 11.5 Å². The molecule has 0 amide bonds. The van der Waals surface area contributed by atoms with Crippen molar-refractivity contribution in [2.75, 3.05) is 13.2 Å². The molecule has 1 aromatic heterocycles. The van der Waals surface area contributed by atoms with Crippen LogP contribution in [0.25, 0.3) is 21.8 Å². The third-order valence-corrected chi connectivity index (χ3v) is 4.81. The number of aromatic nitrogens is 1. The normalized spacial score (nSPS) is 10.6. The first-order valence-electron chi connectivity index (χ1n) is 8.59. The number of carbonyl (C=O) groups is 1. The third kappa shape index (κ3) is 3.86. The number of phenols is 2. The van der Waals surface area contributed by atoms with Gasteiger partial charge in [-0.05, 0) is 38.1 Å². The minimum absolute atomic E-state index is 0.230. The van der Waals surface area contributed by atoms with E-state index < -0.39 is 11.7 Å². The van der Waals surface area contributed by atoms with Crippen LogP contribution in [0.2, 0.25) is 0 Å². The molecule has 0 bridgehead atoms. The first-order valence-corrected chi connectivity index (χ1v) is 9.47. The van der Waals surface area contributed by atoms with Crippen molar-refractivity contribution in [3.8, 4) is 44.8 Å². The van der Waals surface area contributed by atoms with Crippen molar-refractivity contribution in [1.29, 1.82) is 0 Å². The predicted molar refractivity (Wildman–Crippen MR) is 106 cm³/mol. The molecule has 8 heteroatoms. The average molecular weight is 401 g/mol. The molecule has 3 aromatic rings. The van der Waals surface area contributed by atoms with Crippen molar-refractivity contribution in [3.05, 3.63) is 41.3 Å². The molecule has 1 heterocycles. The van der Waals surface area contributed by atoms with E-state index >= 15 is 0 Å². The summed E-state index contributed by atoms with van der Waals surface area (Å²) in [5.41, 5.74) is 1.14. The Bertz CT molecular complexity index is 1010. The lowest BCUT2D eigenvalue weighted by atomic mass is 10.1. The molecule has 3 N–H and O–H groups in total. The van der Waals surface area contributed by atoms with E-state index in [1.165, 1.54) is 17.4 Å². The number of hydrogen-bond donors (Lipinski definition) is 3. The molecule has 0 saturated heterocycles. The summed E-state index contributed by atoms with van der Waals surface area (Å²) < 4.78 is 11.2. The van der Waals surface area contributed by atoms with Crippen molar-refractivity contribution < 1.29 is 29.6 Å². The molecule has 0 atom stereocenters. The van der Waals surface area contributed by atoms with E-state index in [1.807, 2.05) is 32.0 Å². The van der Waals surface area contributed by atoms with Crippen molar-refractivity contribution in [2.24, 2.45) is 0 Å². The molecular weight excluding hydrogens is 382 g/mol. The van der Waals surface area contributed by atoms with Gasteiger partial charge in [-0.15, -0.1) is 11.3 Å². The van der Waals surface area contributed by atoms with Crippen LogP contribution in [0.4, 0.5) is 0 Å². The molecule has 0 saturated carbocycles. The highest BCUT2D eigenvalue weighted by atomic mass is 32.1. The van der Waals surface area contributed by atoms with Crippen LogP contribution in [0, 0.1) is 0 Å². The molecule has 28 heavy (non-hydrogen) atoms. The van der Waals surface area contributed by atoms with E-state index in [1.54, 1.807) is 5.38 Å². The number of carboxylic acid groups (broad SMARTS) is 1. The van der Waals surface area contributed by atoms with Crippen molar-refractivity contribution in [2.45, 2.75) is 13.8 Å². The summed E-state index contributed by atoms with van der Waals surface area (Å²) >= 11 is 1.34. The second-order valence-electron chi connectivity index (χ2n) is 5.76. The second-order valence-corrected chi connectivity index (χ2v) is 6.62. The Morgan fingerprint density at radius 3 is 2.43 bits per heavy atom. The van der Waals surface area contributed by atoms with Gasteiger partial charge in [0.25, 0.3) is 0 Å². The summed E-state index contributed by atoms with van der Waals surface area (Å²) in [4.78, 5) is 15.7. The third-order valence-electron chi connectivity index (χ3n) is 3.91. The lowest BCUT2D eigenvalue weighted by molar-refractivity contribution is 0.0694. The van der Waals surface area contributed by atoms with Crippen molar-refractivity contribution in [1.82, 2.24) is 4.98 Å². The first kappa shape index (κ1) is 19.5. The van der Waals surface area contributed by atoms with E-state index in [4.69, 9.17) is 9.47 Å². The van der Waals surface area contributed by atoms with Crippen LogP contribution in [0.3, 0.4) is 0 Å². The highest BCUT2D eigenvalue weighted by molar-refractivity contribution is 7.13. The minimum Gasteiger partial charge on any atom is -0.507 e. The Kier molecular flexibility index (Phi) is 5.70. The number of thiazole rings is 1. The van der Waals surface area contributed by atoms with Crippen LogP contribution in [-0.2, 0) is 0 Å². The number of aromatic carboxylic acids is 1. The highest BCUT2D eigenvalue weighted by Gasteiger charge is 2.18. The smallest absolute Gasteiger partial charge is 0.339 e. The summed E-state index contributed by atoms with van der Waals surface area (Å²) in [5.74, 6) is -0.786. The number of nitrogens with zero attached hydrogens (tertiary/aromatic N) is 1. The molecule has 0 spiro atoms. The van der Waals surface area contributed by atoms with E-state index in [-0.39, 0.29) is 16.9 Å². The van der Waals surface area contributed by atoms with Crippen LogP contribution >= 0.6 is 11.3 Å². The number of hydrogen-bond acceptors (Lipinski definition) is 7. The number of benzene rings is 2. The molecule has 0 aliphatic carbocycles. The maximum atomic E-state index is 11.2. The van der Waals surface area contributed by atoms with Gasteiger partial charge in [-0.2, -0.15) is 0 Å². The summed E-state index contributed by atoms with van der Waals surface area (Å²) in [6.45, 7) is 4.79. The van der Waals surface area contributed by atoms with Gasteiger partial charge < -0.3 is 24.8 Å². The zero-order valence-electron chi connectivity index (χ0n) is 15.3. The molecule has 0 aliphatic heterocycles. The Morgan fingerprint density at radius 2 is 1.75 bits per heavy atom. The van der Waals surface area contributed by atoms with E-state index in [9.17, 15) is 20.1 Å². The lowest BCUT2D eigenvalue weighted by Gasteiger charge is -2.11. The quantitative estimate of drug-likeness (QED) is 0.539. The summed E-state index contributed by atoms with van der Waals surface area (Å²) in [7, 11) is 0. The Hall–Kier alpha value is -3.26. The molecule has 3 rings (SSSR count). The molecule has 146 valence electrons. The first-order chi connectivity index (χ1) is 13.4. The maximum Gasteiger partial charge on any atom is 0.339 e. The fourth-order valence-corrected chi connectivity index (χ4v) is 3.48. The molecule has 7 nitrogen and oxygen atoms in total. The number of carboxylic acids is 1. The van der Waals surface area contributed by atoms with Gasteiger partial charge in [0.1, 0.15) is 22.1 Å². The monoisotopic (exact) mass is 401 g/mol. The van der Waals surface area contributed by atoms with Gasteiger partial charge in [-0.1, -0.05) is 0 Å². The fraction of sp³-hybridized carbons (Fsp3) is 0.200. The van der Waals surface area contributed by atoms with Crippen LogP contribution in [0.5, 0.6) is 23.0 Å². The highest BCUT2D eigenvalue weighted by Crippen LogP contribution is 2.39. The van der Waals surface area contributed by atoms with Gasteiger partial charge >= 0.3 is 5.97 Å². The van der Waals surface area contributed by atoms with Crippen molar-refractivity contribution in [3.63, 3.8) is 0 Å². The maximum absolute atomic E-state index is 11.2. The summed E-state index contributed by atoms with van der Waals surface area (Å²) in [6.07, 6.45) is 0. The Balaban J connectivity index is 2.00. The van der Waals surface area contributed by atoms with Gasteiger partial charge in [-0.3, -0.25) is 0 Å². The molecule has 0 unspecified atom stereocenters. The molecule has 0 fully saturated rings. The van der Waals surface area contributed by atoms with Crippen LogP contribution in [0.15, 0.2) is 35.7 Å². The number of phenolic OH excluding ortho intramolecular Hbond substituents is 1. The second kappa shape index (κ2) is 8.18. The van der Waals surface area contributed by atoms with E-state index in [2.05, 4.69) is 4.98 Å². The number of rotatable bonds is 7. The van der Waals surface area contributed by atoms with Crippen LogP contribution in [-0.4, -0.2) is 39.5 Å². The van der Waals surface area contributed by atoms with Gasteiger partial charge in [0.2, 0.25) is 0 Å². The SMILES string of the molecule is CCOc1ccc(-c2nc(-c3cc(C(=O)O)c(O)cc3O)cs2)cc1OCC. The zero-order valence-corrected chi connectivity index (χ0v) is 16.1. The summed E-state index contributed by atoms with van der Waals surface area (Å²) in [6, 6.07) is 7.70. The summed E-state index contributed by atoms with van der Waals surface area (Å²) in [5, 5.41) is 31.4. The zero-order chi connectivity index (χ0) is 20.3. The fourth-order valence-electron chi connectivity index (χ4n) is 2.67. The minimum atomic E-state index is -1.29. The van der Waals surface area contributed by atoms with Crippen LogP contribution in [0.1, 0.15) is 24.2 Å². The van der Waals surface area contributed by atoms with Crippen molar-refractivity contribution >= 4 is 17.3 Å². The molecular formula is C20H19NO6S. The van der Waals surface area contributed by atoms with E-state index in [0.717, 1.165) is 11.6 Å². The van der Waals surface area contributed by atoms with E-state index in [0.29, 0.717) is 35.4 Å². The number of ether oxygens (including phenoxy) is 2. The lowest BCUT2D eigenvalue weighted by Crippen LogP contribution is -1.98.